The predicted molar refractivity (Wildman–Crippen MR) is 134 cm³/mol. The second kappa shape index (κ2) is 8.90. The van der Waals surface area contributed by atoms with Crippen LogP contribution in [-0.4, -0.2) is 59.1 Å². The second-order valence-electron chi connectivity index (χ2n) is 9.48. The smallest absolute Gasteiger partial charge is 0.273 e. The van der Waals surface area contributed by atoms with Gasteiger partial charge in [-0.15, -0.1) is 10.2 Å². The zero-order valence-electron chi connectivity index (χ0n) is 20.2. The van der Waals surface area contributed by atoms with Gasteiger partial charge in [0.2, 0.25) is 5.91 Å². The minimum atomic E-state index is -0.370. The highest BCUT2D eigenvalue weighted by molar-refractivity contribution is 6.01. The third-order valence-corrected chi connectivity index (χ3v) is 6.95. The molecule has 36 heavy (non-hydrogen) atoms. The lowest BCUT2D eigenvalue weighted by Crippen LogP contribution is -2.26. The quantitative estimate of drug-likeness (QED) is 0.484. The van der Waals surface area contributed by atoms with Gasteiger partial charge in [0.05, 0.1) is 48.1 Å². The van der Waals surface area contributed by atoms with Crippen molar-refractivity contribution in [1.29, 1.82) is 0 Å². The summed E-state index contributed by atoms with van der Waals surface area (Å²) in [5, 5.41) is 21.7. The van der Waals surface area contributed by atoms with Crippen LogP contribution < -0.4 is 20.9 Å². The maximum Gasteiger partial charge on any atom is 0.273 e. The number of carbonyl (C=O) groups is 2. The third-order valence-electron chi connectivity index (χ3n) is 6.95. The van der Waals surface area contributed by atoms with E-state index >= 15 is 0 Å². The average molecular weight is 489 g/mol. The second-order valence-corrected chi connectivity index (χ2v) is 9.48. The Morgan fingerprint density at radius 1 is 1.11 bits per heavy atom. The Morgan fingerprint density at radius 2 is 1.97 bits per heavy atom. The molecule has 0 unspecified atom stereocenters. The Labute approximate surface area is 208 Å². The number of ether oxygens (including phenoxy) is 1. The van der Waals surface area contributed by atoms with Gasteiger partial charge in [-0.2, -0.15) is 5.10 Å². The minimum Gasteiger partial charge on any atom is -0.379 e. The molecule has 3 N–H and O–H groups in total. The van der Waals surface area contributed by atoms with E-state index in [-0.39, 0.29) is 29.5 Å². The summed E-state index contributed by atoms with van der Waals surface area (Å²) in [6, 6.07) is 7.94. The van der Waals surface area contributed by atoms with Crippen LogP contribution >= 0.6 is 0 Å². The van der Waals surface area contributed by atoms with E-state index < -0.39 is 0 Å². The molecule has 2 amide bonds. The molecule has 1 aliphatic carbocycles. The van der Waals surface area contributed by atoms with Gasteiger partial charge in [-0.1, -0.05) is 12.1 Å². The SMILES string of the molecule is CNC(=O)c1nnc(NC(=O)C2CC2)cc1Nc1cccc2c1N(C)Cc1c-2cnn1[C@@H]1CCOC1. The molecule has 0 radical (unpaired) electrons. The summed E-state index contributed by atoms with van der Waals surface area (Å²) < 4.78 is 7.69. The van der Waals surface area contributed by atoms with Crippen molar-refractivity contribution >= 4 is 34.7 Å². The molecule has 11 heteroatoms. The molecule has 1 saturated carbocycles. The summed E-state index contributed by atoms with van der Waals surface area (Å²) in [4.78, 5) is 27.0. The maximum atomic E-state index is 12.5. The lowest BCUT2D eigenvalue weighted by Gasteiger charge is -2.31. The molecule has 11 nitrogen and oxygen atoms in total. The van der Waals surface area contributed by atoms with Crippen molar-refractivity contribution in [3.8, 4) is 11.1 Å². The first-order chi connectivity index (χ1) is 17.5. The maximum absolute atomic E-state index is 12.5. The van der Waals surface area contributed by atoms with E-state index in [9.17, 15) is 9.59 Å². The molecule has 1 saturated heterocycles. The summed E-state index contributed by atoms with van der Waals surface area (Å²) in [7, 11) is 3.59. The first-order valence-corrected chi connectivity index (χ1v) is 12.2. The number of carbonyl (C=O) groups excluding carboxylic acids is 2. The van der Waals surface area contributed by atoms with Crippen LogP contribution in [0.25, 0.3) is 11.1 Å². The van der Waals surface area contributed by atoms with Crippen molar-refractivity contribution in [3.05, 3.63) is 41.9 Å². The van der Waals surface area contributed by atoms with Gasteiger partial charge in [-0.25, -0.2) is 0 Å². The predicted octanol–water partition coefficient (Wildman–Crippen LogP) is 2.70. The van der Waals surface area contributed by atoms with E-state index in [4.69, 9.17) is 9.84 Å². The number of nitrogens with one attached hydrogen (secondary N) is 3. The van der Waals surface area contributed by atoms with Crippen LogP contribution in [-0.2, 0) is 16.1 Å². The molecule has 186 valence electrons. The van der Waals surface area contributed by atoms with Crippen molar-refractivity contribution in [1.82, 2.24) is 25.3 Å². The Kier molecular flexibility index (Phi) is 5.56. The molecule has 0 bridgehead atoms. The Balaban J connectivity index is 1.37. The molecule has 2 aliphatic heterocycles. The normalized spacial score (nSPS) is 18.4. The van der Waals surface area contributed by atoms with E-state index in [0.29, 0.717) is 24.7 Å². The van der Waals surface area contributed by atoms with Crippen LogP contribution in [0.1, 0.15) is 41.5 Å². The molecule has 2 fully saturated rings. The van der Waals surface area contributed by atoms with Gasteiger partial charge in [-0.05, 0) is 25.3 Å². The fourth-order valence-electron chi connectivity index (χ4n) is 4.93. The summed E-state index contributed by atoms with van der Waals surface area (Å²) in [6.45, 7) is 2.14. The van der Waals surface area contributed by atoms with Crippen LogP contribution in [0.5, 0.6) is 0 Å². The fraction of sp³-hybridized carbons (Fsp3) is 0.400. The molecular weight excluding hydrogens is 460 g/mol. The average Bonchev–Trinajstić information content (AvgIpc) is 3.43. The minimum absolute atomic E-state index is 0.0301. The number of fused-ring (bicyclic) bond motifs is 3. The number of anilines is 4. The van der Waals surface area contributed by atoms with E-state index in [1.54, 1.807) is 13.1 Å². The number of rotatable bonds is 6. The van der Waals surface area contributed by atoms with Crippen LogP contribution in [0, 0.1) is 5.92 Å². The number of hydrogen-bond acceptors (Lipinski definition) is 8. The molecule has 1 aromatic carbocycles. The van der Waals surface area contributed by atoms with Gasteiger partial charge in [-0.3, -0.25) is 14.3 Å². The summed E-state index contributed by atoms with van der Waals surface area (Å²) in [5.74, 6) is -0.104. The highest BCUT2D eigenvalue weighted by Crippen LogP contribution is 2.44. The van der Waals surface area contributed by atoms with Crippen LogP contribution in [0.3, 0.4) is 0 Å². The van der Waals surface area contributed by atoms with Crippen molar-refractivity contribution in [2.24, 2.45) is 5.92 Å². The van der Waals surface area contributed by atoms with Gasteiger partial charge in [0.25, 0.3) is 5.91 Å². The molecule has 6 rings (SSSR count). The zero-order valence-corrected chi connectivity index (χ0v) is 20.2. The Hall–Kier alpha value is -3.99. The Morgan fingerprint density at radius 3 is 2.72 bits per heavy atom. The topological polar surface area (TPSA) is 126 Å². The van der Waals surface area contributed by atoms with Crippen molar-refractivity contribution in [2.75, 3.05) is 42.8 Å². The molecular formula is C25H28N8O3. The van der Waals surface area contributed by atoms with E-state index in [1.807, 2.05) is 25.4 Å². The first kappa shape index (κ1) is 22.5. The Bertz CT molecular complexity index is 1340. The molecule has 2 aromatic heterocycles. The summed E-state index contributed by atoms with van der Waals surface area (Å²) >= 11 is 0. The van der Waals surface area contributed by atoms with Gasteiger partial charge in [0.1, 0.15) is 0 Å². The van der Waals surface area contributed by atoms with Crippen LogP contribution in [0.2, 0.25) is 0 Å². The lowest BCUT2D eigenvalue weighted by atomic mass is 9.97. The van der Waals surface area contributed by atoms with Crippen LogP contribution in [0.15, 0.2) is 30.5 Å². The number of aromatic nitrogens is 4. The molecule has 3 aromatic rings. The zero-order chi connectivity index (χ0) is 24.8. The molecule has 1 atom stereocenters. The summed E-state index contributed by atoms with van der Waals surface area (Å²) in [6.07, 6.45) is 4.66. The number of hydrogen-bond donors (Lipinski definition) is 3. The number of benzene rings is 1. The van der Waals surface area contributed by atoms with Gasteiger partial charge in [0, 0.05) is 43.8 Å². The number of nitrogens with zero attached hydrogens (tertiary/aromatic N) is 5. The van der Waals surface area contributed by atoms with Crippen LogP contribution in [0.4, 0.5) is 22.9 Å². The van der Waals surface area contributed by atoms with Gasteiger partial charge < -0.3 is 25.6 Å². The van der Waals surface area contributed by atoms with E-state index in [1.165, 1.54) is 5.69 Å². The standard InChI is InChI=1S/C25H28N8O3/c1-26-25(35)22-19(10-21(30-31-22)29-24(34)14-6-7-14)28-18-5-3-4-16-17-11-27-33(15-8-9-36-13-15)20(17)12-32(2)23(16)18/h3-5,10-11,14-15H,6-9,12-13H2,1-2H3,(H,26,35)(H2,28,29,30,34)/t15-/m1/s1. The van der Waals surface area contributed by atoms with Crippen molar-refractivity contribution < 1.29 is 14.3 Å². The fourth-order valence-corrected chi connectivity index (χ4v) is 4.93. The van der Waals surface area contributed by atoms with Crippen molar-refractivity contribution in [3.63, 3.8) is 0 Å². The summed E-state index contributed by atoms with van der Waals surface area (Å²) in [5.41, 5.74) is 5.73. The molecule has 0 spiro atoms. The highest BCUT2D eigenvalue weighted by atomic mass is 16.5. The number of amides is 2. The van der Waals surface area contributed by atoms with Crippen molar-refractivity contribution in [2.45, 2.75) is 31.8 Å². The first-order valence-electron chi connectivity index (χ1n) is 12.2. The molecule has 3 aliphatic rings. The van der Waals surface area contributed by atoms with Gasteiger partial charge >= 0.3 is 0 Å². The number of para-hydroxylation sites is 1. The lowest BCUT2D eigenvalue weighted by molar-refractivity contribution is -0.117. The van der Waals surface area contributed by atoms with E-state index in [0.717, 1.165) is 48.4 Å². The monoisotopic (exact) mass is 488 g/mol. The molecule has 4 heterocycles. The third kappa shape index (κ3) is 3.95. The van der Waals surface area contributed by atoms with Gasteiger partial charge in [0.15, 0.2) is 11.5 Å². The largest absolute Gasteiger partial charge is 0.379 e. The van der Waals surface area contributed by atoms with E-state index in [2.05, 4.69) is 41.8 Å². The highest BCUT2D eigenvalue weighted by Gasteiger charge is 2.31.